The third kappa shape index (κ3) is 6.20. The number of benzene rings is 1. The number of halogens is 4. The second kappa shape index (κ2) is 9.40. The molecule has 2 aromatic rings. The van der Waals surface area contributed by atoms with Gasteiger partial charge in [0.25, 0.3) is 0 Å². The molecular formula is C20H21F4N3O2. The van der Waals surface area contributed by atoms with Gasteiger partial charge < -0.3 is 14.5 Å². The summed E-state index contributed by atoms with van der Waals surface area (Å²) in [4.78, 5) is 19.1. The SMILES string of the molecule is C/C(=C\CF)CN(C=O)c1cc(-c2cccc(OC(F)(F)F)c2)cnc1N(C)C. The van der Waals surface area contributed by atoms with Crippen molar-refractivity contribution in [2.24, 2.45) is 0 Å². The lowest BCUT2D eigenvalue weighted by molar-refractivity contribution is -0.274. The number of anilines is 2. The van der Waals surface area contributed by atoms with Crippen LogP contribution in [-0.2, 0) is 4.79 Å². The van der Waals surface area contributed by atoms with Gasteiger partial charge >= 0.3 is 6.36 Å². The number of ether oxygens (including phenoxy) is 1. The van der Waals surface area contributed by atoms with Gasteiger partial charge in [-0.05, 0) is 30.7 Å². The highest BCUT2D eigenvalue weighted by Gasteiger charge is 2.31. The van der Waals surface area contributed by atoms with Gasteiger partial charge in [-0.15, -0.1) is 13.2 Å². The van der Waals surface area contributed by atoms with E-state index in [-0.39, 0.29) is 12.3 Å². The predicted molar refractivity (Wildman–Crippen MR) is 104 cm³/mol. The molecule has 156 valence electrons. The third-order valence-corrected chi connectivity index (χ3v) is 3.95. The van der Waals surface area contributed by atoms with Crippen LogP contribution in [0, 0.1) is 0 Å². The highest BCUT2D eigenvalue weighted by atomic mass is 19.4. The zero-order valence-corrected chi connectivity index (χ0v) is 16.2. The summed E-state index contributed by atoms with van der Waals surface area (Å²) >= 11 is 0. The number of carbonyl (C=O) groups excluding carboxylic acids is 1. The van der Waals surface area contributed by atoms with Gasteiger partial charge in [-0.3, -0.25) is 4.79 Å². The van der Waals surface area contributed by atoms with Crippen LogP contribution in [0.15, 0.2) is 48.2 Å². The summed E-state index contributed by atoms with van der Waals surface area (Å²) in [7, 11) is 3.49. The van der Waals surface area contributed by atoms with Gasteiger partial charge in [0, 0.05) is 32.4 Å². The first-order chi connectivity index (χ1) is 13.6. The molecule has 29 heavy (non-hydrogen) atoms. The van der Waals surface area contributed by atoms with Crippen LogP contribution in [0.5, 0.6) is 5.75 Å². The number of aromatic nitrogens is 1. The topological polar surface area (TPSA) is 45.7 Å². The van der Waals surface area contributed by atoms with Gasteiger partial charge in [0.15, 0.2) is 5.82 Å². The molecule has 0 unspecified atom stereocenters. The molecular weight excluding hydrogens is 390 g/mol. The average Bonchev–Trinajstić information content (AvgIpc) is 2.64. The fourth-order valence-electron chi connectivity index (χ4n) is 2.68. The van der Waals surface area contributed by atoms with Crippen LogP contribution in [0.4, 0.5) is 29.1 Å². The third-order valence-electron chi connectivity index (χ3n) is 3.95. The molecule has 0 bridgehead atoms. The van der Waals surface area contributed by atoms with Crippen LogP contribution in [-0.4, -0.2) is 45.1 Å². The van der Waals surface area contributed by atoms with E-state index in [2.05, 4.69) is 9.72 Å². The van der Waals surface area contributed by atoms with E-state index in [0.717, 1.165) is 0 Å². The zero-order valence-electron chi connectivity index (χ0n) is 16.2. The van der Waals surface area contributed by atoms with Crippen molar-refractivity contribution in [3.63, 3.8) is 0 Å². The van der Waals surface area contributed by atoms with Crippen molar-refractivity contribution in [3.8, 4) is 16.9 Å². The molecule has 0 atom stereocenters. The van der Waals surface area contributed by atoms with E-state index in [1.165, 1.54) is 35.4 Å². The smallest absolute Gasteiger partial charge is 0.406 e. The number of carbonyl (C=O) groups is 1. The maximum absolute atomic E-state index is 12.6. The van der Waals surface area contributed by atoms with E-state index in [1.54, 1.807) is 38.1 Å². The highest BCUT2D eigenvalue weighted by Crippen LogP contribution is 2.33. The minimum absolute atomic E-state index is 0.149. The molecule has 0 spiro atoms. The summed E-state index contributed by atoms with van der Waals surface area (Å²) in [5.41, 5.74) is 2.02. The van der Waals surface area contributed by atoms with Gasteiger partial charge in [-0.2, -0.15) is 0 Å². The van der Waals surface area contributed by atoms with Crippen LogP contribution in [0.2, 0.25) is 0 Å². The number of alkyl halides is 4. The quantitative estimate of drug-likeness (QED) is 0.362. The second-order valence-corrected chi connectivity index (χ2v) is 6.47. The van der Waals surface area contributed by atoms with Crippen LogP contribution in [0.3, 0.4) is 0 Å². The standard InChI is InChI=1S/C20H21F4N3O2/c1-14(7-8-21)12-27(13-28)18-10-16(11-25-19(18)26(2)3)15-5-4-6-17(9-15)29-20(22,23)24/h4-7,9-11,13H,8,12H2,1-3H3/b14-7+. The molecule has 0 fully saturated rings. The highest BCUT2D eigenvalue weighted by molar-refractivity contribution is 5.85. The monoisotopic (exact) mass is 411 g/mol. The molecule has 1 amide bonds. The van der Waals surface area contributed by atoms with Gasteiger partial charge in [0.1, 0.15) is 12.4 Å². The molecule has 0 aliphatic carbocycles. The summed E-state index contributed by atoms with van der Waals surface area (Å²) in [6, 6.07) is 7.12. The first-order valence-corrected chi connectivity index (χ1v) is 8.61. The van der Waals surface area contributed by atoms with Crippen molar-refractivity contribution in [2.75, 3.05) is 37.1 Å². The Morgan fingerprint density at radius 1 is 1.21 bits per heavy atom. The average molecular weight is 411 g/mol. The Balaban J connectivity index is 2.48. The van der Waals surface area contributed by atoms with E-state index in [1.807, 2.05) is 0 Å². The molecule has 0 saturated heterocycles. The predicted octanol–water partition coefficient (Wildman–Crippen LogP) is 4.59. The Morgan fingerprint density at radius 3 is 2.52 bits per heavy atom. The van der Waals surface area contributed by atoms with Crippen LogP contribution in [0.1, 0.15) is 6.92 Å². The van der Waals surface area contributed by atoms with Gasteiger partial charge in [-0.1, -0.05) is 23.8 Å². The van der Waals surface area contributed by atoms with Crippen molar-refractivity contribution in [1.29, 1.82) is 0 Å². The van der Waals surface area contributed by atoms with E-state index in [9.17, 15) is 22.4 Å². The van der Waals surface area contributed by atoms with Crippen molar-refractivity contribution in [3.05, 3.63) is 48.2 Å². The minimum atomic E-state index is -4.80. The fourth-order valence-corrected chi connectivity index (χ4v) is 2.68. The molecule has 0 aliphatic rings. The van der Waals surface area contributed by atoms with Crippen LogP contribution < -0.4 is 14.5 Å². The largest absolute Gasteiger partial charge is 0.573 e. The Morgan fingerprint density at radius 2 is 1.93 bits per heavy atom. The zero-order chi connectivity index (χ0) is 21.6. The summed E-state index contributed by atoms with van der Waals surface area (Å²) in [5.74, 6) is 0.124. The number of pyridine rings is 1. The van der Waals surface area contributed by atoms with Gasteiger partial charge in [-0.25, -0.2) is 9.37 Å². The molecule has 1 aromatic carbocycles. The normalized spacial score (nSPS) is 11.9. The summed E-state index contributed by atoms with van der Waals surface area (Å²) in [6.45, 7) is 1.20. The molecule has 1 heterocycles. The van der Waals surface area contributed by atoms with Crippen LogP contribution in [0.25, 0.3) is 11.1 Å². The van der Waals surface area contributed by atoms with E-state index in [0.29, 0.717) is 34.6 Å². The second-order valence-electron chi connectivity index (χ2n) is 6.47. The summed E-state index contributed by atoms with van der Waals surface area (Å²) in [5, 5.41) is 0. The summed E-state index contributed by atoms with van der Waals surface area (Å²) in [6.07, 6.45) is -1.34. The first kappa shape index (κ1) is 22.2. The number of hydrogen-bond acceptors (Lipinski definition) is 4. The van der Waals surface area contributed by atoms with Crippen molar-refractivity contribution < 1.29 is 27.1 Å². The molecule has 0 N–H and O–H groups in total. The number of allylic oxidation sites excluding steroid dienone is 1. The van der Waals surface area contributed by atoms with Gasteiger partial charge in [0.2, 0.25) is 6.41 Å². The molecule has 0 radical (unpaired) electrons. The Labute approximate surface area is 166 Å². The molecule has 0 aliphatic heterocycles. The van der Waals surface area contributed by atoms with Gasteiger partial charge in [0.05, 0.1) is 5.69 Å². The maximum Gasteiger partial charge on any atom is 0.573 e. The number of amides is 1. The van der Waals surface area contributed by atoms with Crippen molar-refractivity contribution in [2.45, 2.75) is 13.3 Å². The lowest BCUT2D eigenvalue weighted by Gasteiger charge is -2.24. The molecule has 0 saturated carbocycles. The fraction of sp³-hybridized carbons (Fsp3) is 0.300. The molecule has 9 heteroatoms. The lowest BCUT2D eigenvalue weighted by atomic mass is 10.1. The van der Waals surface area contributed by atoms with E-state index in [4.69, 9.17) is 0 Å². The minimum Gasteiger partial charge on any atom is -0.406 e. The molecule has 1 aromatic heterocycles. The lowest BCUT2D eigenvalue weighted by Crippen LogP contribution is -2.26. The molecule has 5 nitrogen and oxygen atoms in total. The summed E-state index contributed by atoms with van der Waals surface area (Å²) < 4.78 is 54.0. The first-order valence-electron chi connectivity index (χ1n) is 8.61. The molecule has 2 rings (SSSR count). The van der Waals surface area contributed by atoms with Crippen molar-refractivity contribution >= 4 is 17.9 Å². The Bertz CT molecular complexity index is 882. The van der Waals surface area contributed by atoms with E-state index >= 15 is 0 Å². The van der Waals surface area contributed by atoms with E-state index < -0.39 is 13.0 Å². The number of hydrogen-bond donors (Lipinski definition) is 0. The maximum atomic E-state index is 12.6. The Kier molecular flexibility index (Phi) is 7.19. The number of nitrogens with zero attached hydrogens (tertiary/aromatic N) is 3. The number of rotatable bonds is 8. The Hall–Kier alpha value is -3.10. The van der Waals surface area contributed by atoms with Crippen molar-refractivity contribution in [1.82, 2.24) is 4.98 Å². The van der Waals surface area contributed by atoms with Crippen LogP contribution >= 0.6 is 0 Å².